The summed E-state index contributed by atoms with van der Waals surface area (Å²) < 4.78 is 5.62. The first-order valence-electron chi connectivity index (χ1n) is 6.87. The second-order valence-electron chi connectivity index (χ2n) is 4.87. The summed E-state index contributed by atoms with van der Waals surface area (Å²) in [5.74, 6) is 2.63. The van der Waals surface area contributed by atoms with Gasteiger partial charge in [-0.25, -0.2) is 0 Å². The third-order valence-electron chi connectivity index (χ3n) is 3.48. The molecule has 1 saturated heterocycles. The van der Waals surface area contributed by atoms with Gasteiger partial charge in [0.25, 0.3) is 11.6 Å². The van der Waals surface area contributed by atoms with Crippen LogP contribution < -0.4 is 0 Å². The van der Waals surface area contributed by atoms with E-state index in [-0.39, 0.29) is 11.6 Å². The summed E-state index contributed by atoms with van der Waals surface area (Å²) in [6.45, 7) is 1.47. The lowest BCUT2D eigenvalue weighted by atomic mass is 10.1. The summed E-state index contributed by atoms with van der Waals surface area (Å²) in [6, 6.07) is 9.43. The summed E-state index contributed by atoms with van der Waals surface area (Å²) in [6.07, 6.45) is 0. The number of carbonyl (C=O) groups is 1. The molecule has 6 nitrogen and oxygen atoms in total. The number of furan rings is 1. The molecule has 1 fully saturated rings. The van der Waals surface area contributed by atoms with Gasteiger partial charge >= 0.3 is 0 Å². The average Bonchev–Trinajstić information content (AvgIpc) is 3.05. The second kappa shape index (κ2) is 6.23. The van der Waals surface area contributed by atoms with Crippen LogP contribution >= 0.6 is 11.8 Å². The molecule has 0 aliphatic carbocycles. The fourth-order valence-electron chi connectivity index (χ4n) is 2.28. The Balaban J connectivity index is 1.78. The lowest BCUT2D eigenvalue weighted by Crippen LogP contribution is -2.37. The maximum Gasteiger partial charge on any atom is 0.289 e. The van der Waals surface area contributed by atoms with Crippen molar-refractivity contribution in [3.63, 3.8) is 0 Å². The highest BCUT2D eigenvalue weighted by molar-refractivity contribution is 7.99. The van der Waals surface area contributed by atoms with Gasteiger partial charge in [-0.1, -0.05) is 0 Å². The maximum atomic E-state index is 12.3. The zero-order valence-corrected chi connectivity index (χ0v) is 12.5. The van der Waals surface area contributed by atoms with E-state index < -0.39 is 4.92 Å². The molecule has 3 rings (SSSR count). The summed E-state index contributed by atoms with van der Waals surface area (Å²) in [4.78, 5) is 24.3. The largest absolute Gasteiger partial charge is 0.451 e. The minimum Gasteiger partial charge on any atom is -0.451 e. The number of nitro benzene ring substituents is 1. The number of hydrogen-bond acceptors (Lipinski definition) is 5. The van der Waals surface area contributed by atoms with Crippen molar-refractivity contribution >= 4 is 23.4 Å². The second-order valence-corrected chi connectivity index (χ2v) is 6.10. The quantitative estimate of drug-likeness (QED) is 0.642. The highest BCUT2D eigenvalue weighted by Crippen LogP contribution is 2.25. The zero-order chi connectivity index (χ0) is 15.5. The van der Waals surface area contributed by atoms with E-state index in [4.69, 9.17) is 4.42 Å². The first kappa shape index (κ1) is 14.6. The third kappa shape index (κ3) is 2.99. The molecular weight excluding hydrogens is 304 g/mol. The molecule has 1 aliphatic rings. The number of nitro groups is 1. The molecule has 0 bridgehead atoms. The van der Waals surface area contributed by atoms with Gasteiger partial charge in [0.15, 0.2) is 5.76 Å². The van der Waals surface area contributed by atoms with Gasteiger partial charge in [0.1, 0.15) is 5.76 Å². The average molecular weight is 318 g/mol. The van der Waals surface area contributed by atoms with Gasteiger partial charge in [-0.05, 0) is 24.3 Å². The number of thioether (sulfide) groups is 1. The number of carbonyl (C=O) groups excluding carboxylic acids is 1. The number of nitrogens with zero attached hydrogens (tertiary/aromatic N) is 2. The lowest BCUT2D eigenvalue weighted by molar-refractivity contribution is -0.384. The molecule has 0 radical (unpaired) electrons. The molecule has 1 aliphatic heterocycles. The SMILES string of the molecule is O=C(c1ccc(-c2ccc([N+](=O)[O-])cc2)o1)N1CCSCC1. The normalized spacial score (nSPS) is 14.8. The Morgan fingerprint density at radius 1 is 1.14 bits per heavy atom. The van der Waals surface area contributed by atoms with Crippen molar-refractivity contribution in [2.75, 3.05) is 24.6 Å². The Labute approximate surface area is 131 Å². The van der Waals surface area contributed by atoms with Gasteiger partial charge in [-0.15, -0.1) is 0 Å². The monoisotopic (exact) mass is 318 g/mol. The first-order chi connectivity index (χ1) is 10.6. The van der Waals surface area contributed by atoms with Crippen LogP contribution in [0, 0.1) is 10.1 Å². The first-order valence-corrected chi connectivity index (χ1v) is 8.02. The van der Waals surface area contributed by atoms with Crippen molar-refractivity contribution in [3.8, 4) is 11.3 Å². The van der Waals surface area contributed by atoms with Crippen molar-refractivity contribution in [2.45, 2.75) is 0 Å². The zero-order valence-electron chi connectivity index (χ0n) is 11.7. The van der Waals surface area contributed by atoms with Gasteiger partial charge in [0.05, 0.1) is 4.92 Å². The predicted molar refractivity (Wildman–Crippen MR) is 84.0 cm³/mol. The van der Waals surface area contributed by atoms with Gasteiger partial charge < -0.3 is 9.32 Å². The molecule has 2 heterocycles. The van der Waals surface area contributed by atoms with Crippen LogP contribution in [0.15, 0.2) is 40.8 Å². The molecule has 0 N–H and O–H groups in total. The summed E-state index contributed by atoms with van der Waals surface area (Å²) >= 11 is 1.84. The van der Waals surface area contributed by atoms with E-state index in [2.05, 4.69) is 0 Å². The van der Waals surface area contributed by atoms with E-state index in [0.29, 0.717) is 17.1 Å². The van der Waals surface area contributed by atoms with E-state index in [1.54, 1.807) is 29.2 Å². The van der Waals surface area contributed by atoms with E-state index in [9.17, 15) is 14.9 Å². The number of hydrogen-bond donors (Lipinski definition) is 0. The van der Waals surface area contributed by atoms with Crippen LogP contribution in [0.2, 0.25) is 0 Å². The molecular formula is C15H14N2O4S. The third-order valence-corrected chi connectivity index (χ3v) is 4.42. The van der Waals surface area contributed by atoms with Gasteiger partial charge in [0.2, 0.25) is 0 Å². The molecule has 0 atom stereocenters. The standard InChI is InChI=1S/C15H14N2O4S/c18-15(16-7-9-22-10-8-16)14-6-5-13(21-14)11-1-3-12(4-2-11)17(19)20/h1-6H,7-10H2. The Kier molecular flexibility index (Phi) is 4.15. The molecule has 2 aromatic rings. The minimum absolute atomic E-state index is 0.0254. The Bertz CT molecular complexity index is 690. The molecule has 1 aromatic heterocycles. The molecule has 1 amide bonds. The Morgan fingerprint density at radius 2 is 1.82 bits per heavy atom. The van der Waals surface area contributed by atoms with Crippen LogP contribution in [0.1, 0.15) is 10.6 Å². The maximum absolute atomic E-state index is 12.3. The molecule has 114 valence electrons. The van der Waals surface area contributed by atoms with E-state index in [0.717, 1.165) is 24.6 Å². The summed E-state index contributed by atoms with van der Waals surface area (Å²) in [5, 5.41) is 10.6. The topological polar surface area (TPSA) is 76.6 Å². The fourth-order valence-corrected chi connectivity index (χ4v) is 3.18. The van der Waals surface area contributed by atoms with E-state index >= 15 is 0 Å². The van der Waals surface area contributed by atoms with E-state index in [1.807, 2.05) is 11.8 Å². The fraction of sp³-hybridized carbons (Fsp3) is 0.267. The van der Waals surface area contributed by atoms with Crippen LogP contribution in [0.3, 0.4) is 0 Å². The van der Waals surface area contributed by atoms with Crippen molar-refractivity contribution < 1.29 is 14.1 Å². The lowest BCUT2D eigenvalue weighted by Gasteiger charge is -2.25. The number of non-ortho nitro benzene ring substituents is 1. The number of rotatable bonds is 3. The predicted octanol–water partition coefficient (Wildman–Crippen LogP) is 3.04. The van der Waals surface area contributed by atoms with Gasteiger partial charge in [-0.2, -0.15) is 11.8 Å². The van der Waals surface area contributed by atoms with Crippen LogP contribution in [-0.2, 0) is 0 Å². The number of amides is 1. The van der Waals surface area contributed by atoms with Crippen LogP contribution in [0.25, 0.3) is 11.3 Å². The Hall–Kier alpha value is -2.28. The molecule has 7 heteroatoms. The smallest absolute Gasteiger partial charge is 0.289 e. The molecule has 22 heavy (non-hydrogen) atoms. The van der Waals surface area contributed by atoms with Gasteiger partial charge in [0, 0.05) is 42.3 Å². The van der Waals surface area contributed by atoms with E-state index in [1.165, 1.54) is 12.1 Å². The molecule has 1 aromatic carbocycles. The highest BCUT2D eigenvalue weighted by atomic mass is 32.2. The van der Waals surface area contributed by atoms with Crippen molar-refractivity contribution in [3.05, 3.63) is 52.3 Å². The van der Waals surface area contributed by atoms with Crippen molar-refractivity contribution in [1.82, 2.24) is 4.90 Å². The Morgan fingerprint density at radius 3 is 2.45 bits per heavy atom. The van der Waals surface area contributed by atoms with Crippen molar-refractivity contribution in [2.24, 2.45) is 0 Å². The van der Waals surface area contributed by atoms with Crippen LogP contribution in [0.4, 0.5) is 5.69 Å². The number of benzene rings is 1. The molecule has 0 saturated carbocycles. The summed E-state index contributed by atoms with van der Waals surface area (Å²) in [5.41, 5.74) is 0.733. The van der Waals surface area contributed by atoms with Crippen LogP contribution in [-0.4, -0.2) is 40.3 Å². The minimum atomic E-state index is -0.449. The highest BCUT2D eigenvalue weighted by Gasteiger charge is 2.21. The summed E-state index contributed by atoms with van der Waals surface area (Å²) in [7, 11) is 0. The van der Waals surface area contributed by atoms with Crippen LogP contribution in [0.5, 0.6) is 0 Å². The van der Waals surface area contributed by atoms with Crippen molar-refractivity contribution in [1.29, 1.82) is 0 Å². The molecule has 0 spiro atoms. The van der Waals surface area contributed by atoms with Gasteiger partial charge in [-0.3, -0.25) is 14.9 Å². The molecule has 0 unspecified atom stereocenters.